The topological polar surface area (TPSA) is 67.4 Å². The quantitative estimate of drug-likeness (QED) is 0.852. The molecule has 1 amide bonds. The summed E-state index contributed by atoms with van der Waals surface area (Å²) in [6.45, 7) is 2.34. The molecule has 1 N–H and O–H groups in total. The van der Waals surface area contributed by atoms with Crippen molar-refractivity contribution >= 4 is 5.91 Å². The normalized spacial score (nSPS) is 19.1. The van der Waals surface area contributed by atoms with Crippen LogP contribution in [0.5, 0.6) is 0 Å². The molecule has 1 aliphatic rings. The SMILES string of the molecule is CN(C)CC(=O)NCc1ccnc(C2CCCOC2)n1. The van der Waals surface area contributed by atoms with Crippen molar-refractivity contribution in [3.8, 4) is 0 Å². The van der Waals surface area contributed by atoms with E-state index < -0.39 is 0 Å². The molecule has 1 atom stereocenters. The molecule has 20 heavy (non-hydrogen) atoms. The first kappa shape index (κ1) is 14.9. The number of rotatable bonds is 5. The number of hydrogen-bond donors (Lipinski definition) is 1. The third-order valence-corrected chi connectivity index (χ3v) is 3.18. The zero-order chi connectivity index (χ0) is 14.4. The average molecular weight is 278 g/mol. The maximum Gasteiger partial charge on any atom is 0.234 e. The molecular weight excluding hydrogens is 256 g/mol. The number of carbonyl (C=O) groups is 1. The fourth-order valence-electron chi connectivity index (χ4n) is 2.18. The van der Waals surface area contributed by atoms with Crippen LogP contribution in [0.3, 0.4) is 0 Å². The van der Waals surface area contributed by atoms with E-state index in [1.165, 1.54) is 0 Å². The lowest BCUT2D eigenvalue weighted by Crippen LogP contribution is -2.33. The van der Waals surface area contributed by atoms with Gasteiger partial charge in [0, 0.05) is 18.7 Å². The molecule has 0 aromatic carbocycles. The Morgan fingerprint density at radius 2 is 2.40 bits per heavy atom. The second-order valence-electron chi connectivity index (χ2n) is 5.33. The van der Waals surface area contributed by atoms with Crippen molar-refractivity contribution in [2.75, 3.05) is 33.9 Å². The van der Waals surface area contributed by atoms with Crippen molar-refractivity contribution in [3.05, 3.63) is 23.8 Å². The van der Waals surface area contributed by atoms with E-state index in [1.807, 2.05) is 25.1 Å². The van der Waals surface area contributed by atoms with E-state index >= 15 is 0 Å². The molecule has 6 nitrogen and oxygen atoms in total. The summed E-state index contributed by atoms with van der Waals surface area (Å²) in [5.41, 5.74) is 0.840. The molecule has 1 aromatic rings. The highest BCUT2D eigenvalue weighted by atomic mass is 16.5. The number of hydrogen-bond acceptors (Lipinski definition) is 5. The molecule has 0 bridgehead atoms. The second kappa shape index (κ2) is 7.31. The van der Waals surface area contributed by atoms with Gasteiger partial charge in [-0.1, -0.05) is 0 Å². The number of likely N-dealkylation sites (N-methyl/N-ethyl adjacent to an activating group) is 1. The Bertz CT molecular complexity index is 445. The highest BCUT2D eigenvalue weighted by molar-refractivity contribution is 5.77. The Kier molecular flexibility index (Phi) is 5.43. The summed E-state index contributed by atoms with van der Waals surface area (Å²) in [6, 6.07) is 1.84. The molecule has 2 rings (SSSR count). The molecule has 1 unspecified atom stereocenters. The van der Waals surface area contributed by atoms with Gasteiger partial charge in [-0.05, 0) is 33.0 Å². The van der Waals surface area contributed by atoms with Gasteiger partial charge in [-0.25, -0.2) is 9.97 Å². The van der Waals surface area contributed by atoms with E-state index in [9.17, 15) is 4.79 Å². The molecule has 1 aliphatic heterocycles. The van der Waals surface area contributed by atoms with Gasteiger partial charge in [0.25, 0.3) is 0 Å². The maximum atomic E-state index is 11.6. The van der Waals surface area contributed by atoms with Crippen molar-refractivity contribution in [3.63, 3.8) is 0 Å². The van der Waals surface area contributed by atoms with Crippen LogP contribution in [0.25, 0.3) is 0 Å². The number of carbonyl (C=O) groups excluding carboxylic acids is 1. The minimum atomic E-state index is -0.00355. The van der Waals surface area contributed by atoms with Crippen LogP contribution in [-0.2, 0) is 16.1 Å². The van der Waals surface area contributed by atoms with E-state index in [0.717, 1.165) is 31.0 Å². The zero-order valence-electron chi connectivity index (χ0n) is 12.1. The number of nitrogens with zero attached hydrogens (tertiary/aromatic N) is 3. The average Bonchev–Trinajstić information content (AvgIpc) is 2.46. The molecule has 2 heterocycles. The number of nitrogens with one attached hydrogen (secondary N) is 1. The van der Waals surface area contributed by atoms with Crippen LogP contribution in [0.2, 0.25) is 0 Å². The molecule has 6 heteroatoms. The Morgan fingerprint density at radius 1 is 1.55 bits per heavy atom. The molecule has 1 aromatic heterocycles. The lowest BCUT2D eigenvalue weighted by Gasteiger charge is -2.21. The van der Waals surface area contributed by atoms with Gasteiger partial charge in [-0.2, -0.15) is 0 Å². The molecule has 1 saturated heterocycles. The summed E-state index contributed by atoms with van der Waals surface area (Å²) in [5, 5.41) is 2.86. The fourth-order valence-corrected chi connectivity index (χ4v) is 2.18. The monoisotopic (exact) mass is 278 g/mol. The standard InChI is InChI=1S/C14H22N4O2/c1-18(2)9-13(19)16-8-12-5-6-15-14(17-12)11-4-3-7-20-10-11/h5-6,11H,3-4,7-10H2,1-2H3,(H,16,19). The van der Waals surface area contributed by atoms with Crippen LogP contribution in [0.15, 0.2) is 12.3 Å². The zero-order valence-corrected chi connectivity index (χ0v) is 12.1. The van der Waals surface area contributed by atoms with Crippen LogP contribution in [0.1, 0.15) is 30.3 Å². The summed E-state index contributed by atoms with van der Waals surface area (Å²) in [4.78, 5) is 22.3. The minimum absolute atomic E-state index is 0.00355. The fraction of sp³-hybridized carbons (Fsp3) is 0.643. The van der Waals surface area contributed by atoms with Crippen LogP contribution in [0, 0.1) is 0 Å². The Balaban J connectivity index is 1.90. The largest absolute Gasteiger partial charge is 0.381 e. The third kappa shape index (κ3) is 4.54. The van der Waals surface area contributed by atoms with E-state index in [0.29, 0.717) is 19.7 Å². The molecule has 0 aliphatic carbocycles. The van der Waals surface area contributed by atoms with Gasteiger partial charge in [0.15, 0.2) is 0 Å². The first-order valence-corrected chi connectivity index (χ1v) is 6.96. The first-order chi connectivity index (χ1) is 9.65. The van der Waals surface area contributed by atoms with E-state index in [4.69, 9.17) is 4.74 Å². The molecule has 0 radical (unpaired) electrons. The highest BCUT2D eigenvalue weighted by Crippen LogP contribution is 2.22. The van der Waals surface area contributed by atoms with Crippen molar-refractivity contribution in [2.45, 2.75) is 25.3 Å². The van der Waals surface area contributed by atoms with Gasteiger partial charge in [0.2, 0.25) is 5.91 Å². The first-order valence-electron chi connectivity index (χ1n) is 6.96. The number of ether oxygens (including phenoxy) is 1. The van der Waals surface area contributed by atoms with Gasteiger partial charge in [-0.3, -0.25) is 4.79 Å². The van der Waals surface area contributed by atoms with Crippen molar-refractivity contribution in [1.82, 2.24) is 20.2 Å². The Morgan fingerprint density at radius 3 is 3.10 bits per heavy atom. The summed E-state index contributed by atoms with van der Waals surface area (Å²) >= 11 is 0. The van der Waals surface area contributed by atoms with E-state index in [-0.39, 0.29) is 11.8 Å². The lowest BCUT2D eigenvalue weighted by molar-refractivity contribution is -0.121. The molecule has 0 spiro atoms. The molecule has 0 saturated carbocycles. The summed E-state index contributed by atoms with van der Waals surface area (Å²) in [5.74, 6) is 1.10. The minimum Gasteiger partial charge on any atom is -0.381 e. The van der Waals surface area contributed by atoms with Gasteiger partial charge in [-0.15, -0.1) is 0 Å². The van der Waals surface area contributed by atoms with E-state index in [1.54, 1.807) is 6.20 Å². The molecule has 1 fully saturated rings. The maximum absolute atomic E-state index is 11.6. The Hall–Kier alpha value is -1.53. The van der Waals surface area contributed by atoms with Crippen LogP contribution in [-0.4, -0.2) is 54.6 Å². The van der Waals surface area contributed by atoms with Crippen LogP contribution < -0.4 is 5.32 Å². The smallest absolute Gasteiger partial charge is 0.234 e. The van der Waals surface area contributed by atoms with Crippen molar-refractivity contribution in [1.29, 1.82) is 0 Å². The van der Waals surface area contributed by atoms with Crippen LogP contribution in [0.4, 0.5) is 0 Å². The van der Waals surface area contributed by atoms with Crippen LogP contribution >= 0.6 is 0 Å². The van der Waals surface area contributed by atoms with Gasteiger partial charge in [0.1, 0.15) is 5.82 Å². The van der Waals surface area contributed by atoms with Crippen molar-refractivity contribution < 1.29 is 9.53 Å². The summed E-state index contributed by atoms with van der Waals surface area (Å²) in [7, 11) is 3.73. The Labute approximate surface area is 119 Å². The van der Waals surface area contributed by atoms with E-state index in [2.05, 4.69) is 15.3 Å². The predicted molar refractivity (Wildman–Crippen MR) is 75.2 cm³/mol. The lowest BCUT2D eigenvalue weighted by atomic mass is 10.0. The number of aromatic nitrogens is 2. The van der Waals surface area contributed by atoms with Crippen molar-refractivity contribution in [2.24, 2.45) is 0 Å². The highest BCUT2D eigenvalue weighted by Gasteiger charge is 2.18. The summed E-state index contributed by atoms with van der Waals surface area (Å²) < 4.78 is 5.46. The molecule has 110 valence electrons. The second-order valence-corrected chi connectivity index (χ2v) is 5.33. The van der Waals surface area contributed by atoms with Gasteiger partial charge in [0.05, 0.1) is 25.4 Å². The van der Waals surface area contributed by atoms with Gasteiger partial charge >= 0.3 is 0 Å². The third-order valence-electron chi connectivity index (χ3n) is 3.18. The molecular formula is C14H22N4O2. The predicted octanol–water partition coefficient (Wildman–Crippen LogP) is 0.548. The number of amides is 1. The van der Waals surface area contributed by atoms with Gasteiger partial charge < -0.3 is 15.0 Å². The summed E-state index contributed by atoms with van der Waals surface area (Å²) in [6.07, 6.45) is 3.87.